The van der Waals surface area contributed by atoms with Crippen LogP contribution in [0.1, 0.15) is 49.2 Å². The predicted octanol–water partition coefficient (Wildman–Crippen LogP) is 2.70. The fourth-order valence-electron chi connectivity index (χ4n) is 2.18. The zero-order chi connectivity index (χ0) is 18.3. The number of rotatable bonds is 12. The number of nitrogens with zero attached hydrogens (tertiary/aromatic N) is 1. The molecule has 8 heteroatoms. The summed E-state index contributed by atoms with van der Waals surface area (Å²) < 4.78 is 10.5. The average Bonchev–Trinajstić information content (AvgIpc) is 3.03. The number of ether oxygens (including phenoxy) is 1. The van der Waals surface area contributed by atoms with Gasteiger partial charge in [0.1, 0.15) is 0 Å². The highest BCUT2D eigenvalue weighted by molar-refractivity contribution is 14.0. The number of amides is 1. The van der Waals surface area contributed by atoms with Gasteiger partial charge in [-0.25, -0.2) is 0 Å². The van der Waals surface area contributed by atoms with Crippen LogP contribution in [0.15, 0.2) is 21.7 Å². The van der Waals surface area contributed by atoms with E-state index in [9.17, 15) is 4.79 Å². The number of aryl methyl sites for hydroxylation is 1. The molecule has 0 aliphatic rings. The van der Waals surface area contributed by atoms with Gasteiger partial charge in [-0.05, 0) is 46.1 Å². The highest BCUT2D eigenvalue weighted by Crippen LogP contribution is 2.07. The van der Waals surface area contributed by atoms with E-state index in [0.29, 0.717) is 18.8 Å². The van der Waals surface area contributed by atoms with Gasteiger partial charge < -0.3 is 25.1 Å². The molecule has 0 bridgehead atoms. The fourth-order valence-corrected chi connectivity index (χ4v) is 2.18. The van der Waals surface area contributed by atoms with Gasteiger partial charge in [0.2, 0.25) is 0 Å². The lowest BCUT2D eigenvalue weighted by atomic mass is 10.2. The molecule has 0 saturated carbocycles. The molecule has 1 aromatic heterocycles. The van der Waals surface area contributed by atoms with E-state index in [1.165, 1.54) is 6.26 Å². The number of aliphatic imine (C=N–C) groups is 1. The Balaban J connectivity index is 0.00000625. The summed E-state index contributed by atoms with van der Waals surface area (Å²) in [5.74, 6) is 1.02. The van der Waals surface area contributed by atoms with E-state index >= 15 is 0 Å². The van der Waals surface area contributed by atoms with E-state index in [4.69, 9.17) is 9.15 Å². The normalized spacial score (nSPS) is 11.0. The van der Waals surface area contributed by atoms with Crippen molar-refractivity contribution in [1.29, 1.82) is 0 Å². The SMILES string of the molecule is CCNC(=NCCCNC(=O)c1occc1C)NCCCCOCC.I. The Morgan fingerprint density at radius 3 is 2.58 bits per heavy atom. The maximum absolute atomic E-state index is 11.9. The summed E-state index contributed by atoms with van der Waals surface area (Å²) >= 11 is 0. The standard InChI is InChI=1S/C18H32N4O3.HI/c1-4-19-18(21-10-6-7-13-24-5-2)22-12-8-11-20-17(23)16-15(3)9-14-25-16;/h9,14H,4-8,10-13H2,1-3H3,(H,20,23)(H2,19,21,22);1H. The predicted molar refractivity (Wildman–Crippen MR) is 116 cm³/mol. The van der Waals surface area contributed by atoms with Crippen LogP contribution in [0.25, 0.3) is 0 Å². The number of halogens is 1. The van der Waals surface area contributed by atoms with Crippen LogP contribution < -0.4 is 16.0 Å². The van der Waals surface area contributed by atoms with Crippen molar-refractivity contribution in [3.05, 3.63) is 23.7 Å². The van der Waals surface area contributed by atoms with Gasteiger partial charge in [0.15, 0.2) is 11.7 Å². The number of furan rings is 1. The number of unbranched alkanes of at least 4 members (excludes halogenated alkanes) is 1. The second-order valence-corrected chi connectivity index (χ2v) is 5.63. The molecule has 0 spiro atoms. The molecular weight excluding hydrogens is 447 g/mol. The monoisotopic (exact) mass is 480 g/mol. The van der Waals surface area contributed by atoms with Crippen molar-refractivity contribution in [2.24, 2.45) is 4.99 Å². The fraction of sp³-hybridized carbons (Fsp3) is 0.667. The molecule has 0 fully saturated rings. The molecule has 1 heterocycles. The molecule has 1 amide bonds. The number of guanidine groups is 1. The van der Waals surface area contributed by atoms with Crippen molar-refractivity contribution >= 4 is 35.8 Å². The van der Waals surface area contributed by atoms with Crippen molar-refractivity contribution in [2.45, 2.75) is 40.0 Å². The average molecular weight is 480 g/mol. The maximum Gasteiger partial charge on any atom is 0.287 e. The first-order valence-corrected chi connectivity index (χ1v) is 9.11. The van der Waals surface area contributed by atoms with Crippen molar-refractivity contribution < 1.29 is 13.9 Å². The van der Waals surface area contributed by atoms with E-state index in [0.717, 1.165) is 57.1 Å². The third-order valence-electron chi connectivity index (χ3n) is 3.51. The van der Waals surface area contributed by atoms with Gasteiger partial charge in [-0.3, -0.25) is 9.79 Å². The lowest BCUT2D eigenvalue weighted by Crippen LogP contribution is -2.38. The summed E-state index contributed by atoms with van der Waals surface area (Å²) in [4.78, 5) is 16.4. The van der Waals surface area contributed by atoms with E-state index in [-0.39, 0.29) is 29.9 Å². The van der Waals surface area contributed by atoms with Crippen molar-refractivity contribution in [3.8, 4) is 0 Å². The topological polar surface area (TPSA) is 87.9 Å². The molecule has 0 aliphatic carbocycles. The third-order valence-corrected chi connectivity index (χ3v) is 3.51. The van der Waals surface area contributed by atoms with Gasteiger partial charge in [-0.2, -0.15) is 0 Å². The van der Waals surface area contributed by atoms with Gasteiger partial charge in [0.05, 0.1) is 6.26 Å². The summed E-state index contributed by atoms with van der Waals surface area (Å²) in [7, 11) is 0. The number of nitrogens with one attached hydrogen (secondary N) is 3. The van der Waals surface area contributed by atoms with E-state index in [2.05, 4.69) is 20.9 Å². The molecule has 0 aromatic carbocycles. The zero-order valence-electron chi connectivity index (χ0n) is 16.1. The minimum absolute atomic E-state index is 0. The van der Waals surface area contributed by atoms with Gasteiger partial charge in [0.25, 0.3) is 5.91 Å². The maximum atomic E-state index is 11.9. The Bertz CT molecular complexity index is 520. The molecule has 0 unspecified atom stereocenters. The number of carbonyl (C=O) groups excluding carboxylic acids is 1. The molecule has 0 saturated heterocycles. The summed E-state index contributed by atoms with van der Waals surface area (Å²) in [6.07, 6.45) is 4.38. The summed E-state index contributed by atoms with van der Waals surface area (Å²) in [5, 5.41) is 9.37. The first-order chi connectivity index (χ1) is 12.2. The molecule has 1 aromatic rings. The Morgan fingerprint density at radius 2 is 1.92 bits per heavy atom. The summed E-state index contributed by atoms with van der Waals surface area (Å²) in [5.41, 5.74) is 0.846. The second kappa shape index (κ2) is 15.9. The Kier molecular flexibility index (Phi) is 15.1. The third kappa shape index (κ3) is 10.6. The molecule has 0 aliphatic heterocycles. The van der Waals surface area contributed by atoms with Crippen LogP contribution in [-0.4, -0.2) is 51.3 Å². The van der Waals surface area contributed by atoms with Crippen LogP contribution >= 0.6 is 24.0 Å². The molecule has 0 atom stereocenters. The molecule has 3 N–H and O–H groups in total. The molecule has 26 heavy (non-hydrogen) atoms. The van der Waals surface area contributed by atoms with E-state index in [1.54, 1.807) is 6.07 Å². The number of carbonyl (C=O) groups is 1. The van der Waals surface area contributed by atoms with E-state index < -0.39 is 0 Å². The van der Waals surface area contributed by atoms with Gasteiger partial charge in [-0.1, -0.05) is 0 Å². The van der Waals surface area contributed by atoms with Gasteiger partial charge in [-0.15, -0.1) is 24.0 Å². The summed E-state index contributed by atoms with van der Waals surface area (Å²) in [6, 6.07) is 1.78. The first-order valence-electron chi connectivity index (χ1n) is 9.11. The molecular formula is C18H33IN4O3. The van der Waals surface area contributed by atoms with Crippen LogP contribution in [0.5, 0.6) is 0 Å². The van der Waals surface area contributed by atoms with E-state index in [1.807, 2.05) is 20.8 Å². The quantitative estimate of drug-likeness (QED) is 0.185. The lowest BCUT2D eigenvalue weighted by molar-refractivity contribution is 0.0925. The van der Waals surface area contributed by atoms with Crippen molar-refractivity contribution in [2.75, 3.05) is 39.4 Å². The first kappa shape index (κ1) is 24.7. The minimum Gasteiger partial charge on any atom is -0.459 e. The van der Waals surface area contributed by atoms with Crippen LogP contribution in [0, 0.1) is 6.92 Å². The van der Waals surface area contributed by atoms with Gasteiger partial charge >= 0.3 is 0 Å². The second-order valence-electron chi connectivity index (χ2n) is 5.63. The zero-order valence-corrected chi connectivity index (χ0v) is 18.4. The van der Waals surface area contributed by atoms with Gasteiger partial charge in [0, 0.05) is 45.0 Å². The summed E-state index contributed by atoms with van der Waals surface area (Å²) in [6.45, 7) is 10.4. The highest BCUT2D eigenvalue weighted by Gasteiger charge is 2.11. The molecule has 1 rings (SSSR count). The smallest absolute Gasteiger partial charge is 0.287 e. The lowest BCUT2D eigenvalue weighted by Gasteiger charge is -2.11. The number of hydrogen-bond acceptors (Lipinski definition) is 4. The Hall–Kier alpha value is -1.29. The Morgan fingerprint density at radius 1 is 1.15 bits per heavy atom. The molecule has 0 radical (unpaired) electrons. The molecule has 150 valence electrons. The van der Waals surface area contributed by atoms with Crippen LogP contribution in [-0.2, 0) is 4.74 Å². The largest absolute Gasteiger partial charge is 0.459 e. The minimum atomic E-state index is -0.175. The molecule has 7 nitrogen and oxygen atoms in total. The van der Waals surface area contributed by atoms with Crippen molar-refractivity contribution in [3.63, 3.8) is 0 Å². The highest BCUT2D eigenvalue weighted by atomic mass is 127. The number of hydrogen-bond donors (Lipinski definition) is 3. The van der Waals surface area contributed by atoms with Crippen molar-refractivity contribution in [1.82, 2.24) is 16.0 Å². The van der Waals surface area contributed by atoms with Crippen LogP contribution in [0.2, 0.25) is 0 Å². The van der Waals surface area contributed by atoms with Crippen LogP contribution in [0.4, 0.5) is 0 Å². The van der Waals surface area contributed by atoms with Crippen LogP contribution in [0.3, 0.4) is 0 Å². The Labute approximate surface area is 173 Å².